The summed E-state index contributed by atoms with van der Waals surface area (Å²) in [7, 11) is -3.60. The van der Waals surface area contributed by atoms with E-state index in [1.165, 1.54) is 0 Å². The summed E-state index contributed by atoms with van der Waals surface area (Å²) in [6, 6.07) is 6.17. The molecule has 3 N–H and O–H groups in total. The molecule has 8 heteroatoms. The molecule has 1 aromatic carbocycles. The number of hydrogen-bond acceptors (Lipinski definition) is 5. The first-order chi connectivity index (χ1) is 12.4. The fraction of sp³-hybridized carbons (Fsp3) is 0.556. The topological polar surface area (TPSA) is 99.7 Å². The highest BCUT2D eigenvalue weighted by atomic mass is 32.2. The molecule has 0 saturated carbocycles. The van der Waals surface area contributed by atoms with E-state index in [1.807, 2.05) is 13.8 Å². The van der Waals surface area contributed by atoms with Gasteiger partial charge < -0.3 is 10.6 Å². The number of nitrogens with zero attached hydrogens (tertiary/aromatic N) is 1. The van der Waals surface area contributed by atoms with Gasteiger partial charge in [0.15, 0.2) is 0 Å². The number of fused-ring (bicyclic) bond motifs is 1. The van der Waals surface area contributed by atoms with Crippen molar-refractivity contribution in [2.75, 3.05) is 13.1 Å². The summed E-state index contributed by atoms with van der Waals surface area (Å²) in [6.07, 6.45) is 2.53. The summed E-state index contributed by atoms with van der Waals surface area (Å²) < 4.78 is 27.0. The Morgan fingerprint density at radius 1 is 1.35 bits per heavy atom. The molecule has 0 aromatic heterocycles. The minimum atomic E-state index is -3.60. The first-order valence-corrected chi connectivity index (χ1v) is 10.6. The average Bonchev–Trinajstić information content (AvgIpc) is 2.86. The Bertz CT molecular complexity index is 798. The van der Waals surface area contributed by atoms with Crippen LogP contribution in [0.2, 0.25) is 0 Å². The number of sulfonamides is 1. The Morgan fingerprint density at radius 2 is 2.12 bits per heavy atom. The van der Waals surface area contributed by atoms with Gasteiger partial charge in [0.05, 0.1) is 4.90 Å². The van der Waals surface area contributed by atoms with Gasteiger partial charge in [0.2, 0.25) is 5.91 Å². The van der Waals surface area contributed by atoms with Crippen LogP contribution < -0.4 is 15.4 Å². The van der Waals surface area contributed by atoms with Gasteiger partial charge in [-0.25, -0.2) is 8.42 Å². The summed E-state index contributed by atoms with van der Waals surface area (Å²) >= 11 is 0. The summed E-state index contributed by atoms with van der Waals surface area (Å²) in [5, 5.41) is 6.33. The van der Waals surface area contributed by atoms with E-state index in [0.717, 1.165) is 25.9 Å². The molecule has 3 rings (SSSR count). The number of amidine groups is 1. The van der Waals surface area contributed by atoms with Crippen LogP contribution in [-0.4, -0.2) is 45.3 Å². The molecule has 1 aromatic rings. The number of amides is 1. The first-order valence-electron chi connectivity index (χ1n) is 9.08. The Hall–Kier alpha value is -1.93. The van der Waals surface area contributed by atoms with Gasteiger partial charge >= 0.3 is 0 Å². The van der Waals surface area contributed by atoms with Crippen LogP contribution in [0.15, 0.2) is 34.2 Å². The number of hydrogen-bond donors (Lipinski definition) is 3. The van der Waals surface area contributed by atoms with Crippen LogP contribution in [0.1, 0.15) is 38.7 Å². The number of rotatable bonds is 5. The molecule has 2 unspecified atom stereocenters. The second-order valence-electron chi connectivity index (χ2n) is 7.28. The molecule has 2 atom stereocenters. The molecule has 1 saturated heterocycles. The van der Waals surface area contributed by atoms with E-state index >= 15 is 0 Å². The van der Waals surface area contributed by atoms with Crippen molar-refractivity contribution in [1.29, 1.82) is 0 Å². The van der Waals surface area contributed by atoms with Crippen LogP contribution in [0.4, 0.5) is 0 Å². The zero-order chi connectivity index (χ0) is 18.7. The maximum absolute atomic E-state index is 12.8. The number of carbonyl (C=O) groups excluding carboxylic acids is 1. The molecule has 0 aliphatic carbocycles. The van der Waals surface area contributed by atoms with Crippen molar-refractivity contribution in [1.82, 2.24) is 15.4 Å². The fourth-order valence-corrected chi connectivity index (χ4v) is 4.56. The van der Waals surface area contributed by atoms with E-state index < -0.39 is 16.1 Å². The predicted molar refractivity (Wildman–Crippen MR) is 101 cm³/mol. The van der Waals surface area contributed by atoms with Gasteiger partial charge in [0.1, 0.15) is 11.9 Å². The van der Waals surface area contributed by atoms with E-state index in [0.29, 0.717) is 12.0 Å². The van der Waals surface area contributed by atoms with Crippen LogP contribution in [-0.2, 0) is 14.8 Å². The molecule has 142 valence electrons. The standard InChI is InChI=1S/C18H26N4O3S/c1-12(2)10-15(18(23)20-13-6-5-9-19-11-13)21-17-14-7-3-4-8-16(14)26(24,25)22-17/h3-4,7-8,12-13,15,19H,5-6,9-11H2,1-2H3,(H,20,23)(H,21,22). The van der Waals surface area contributed by atoms with Crippen molar-refractivity contribution >= 4 is 21.8 Å². The Balaban J connectivity index is 1.84. The number of piperidine rings is 1. The van der Waals surface area contributed by atoms with Crippen LogP contribution >= 0.6 is 0 Å². The van der Waals surface area contributed by atoms with Gasteiger partial charge in [-0.1, -0.05) is 26.0 Å². The van der Waals surface area contributed by atoms with Crippen molar-refractivity contribution in [3.8, 4) is 0 Å². The average molecular weight is 378 g/mol. The van der Waals surface area contributed by atoms with Crippen molar-refractivity contribution in [3.63, 3.8) is 0 Å². The quantitative estimate of drug-likeness (QED) is 0.712. The van der Waals surface area contributed by atoms with Crippen LogP contribution in [0, 0.1) is 5.92 Å². The highest BCUT2D eigenvalue weighted by molar-refractivity contribution is 7.90. The third kappa shape index (κ3) is 4.24. The van der Waals surface area contributed by atoms with Crippen molar-refractivity contribution in [2.45, 2.75) is 50.1 Å². The predicted octanol–water partition coefficient (Wildman–Crippen LogP) is 1.01. The molecular weight excluding hydrogens is 352 g/mol. The molecule has 7 nitrogen and oxygen atoms in total. The highest BCUT2D eigenvalue weighted by Gasteiger charge is 2.32. The lowest BCUT2D eigenvalue weighted by molar-refractivity contribution is -0.123. The number of nitrogens with one attached hydrogen (secondary N) is 3. The minimum absolute atomic E-state index is 0.0960. The molecule has 0 radical (unpaired) electrons. The second kappa shape index (κ2) is 7.75. The van der Waals surface area contributed by atoms with Gasteiger partial charge in [-0.15, -0.1) is 0 Å². The zero-order valence-electron chi connectivity index (χ0n) is 15.2. The first kappa shape index (κ1) is 18.8. The summed E-state index contributed by atoms with van der Waals surface area (Å²) in [5.74, 6) is 0.361. The third-order valence-electron chi connectivity index (χ3n) is 4.59. The van der Waals surface area contributed by atoms with Crippen molar-refractivity contribution in [2.24, 2.45) is 10.9 Å². The minimum Gasteiger partial charge on any atom is -0.350 e. The second-order valence-corrected chi connectivity index (χ2v) is 8.93. The Kier molecular flexibility index (Phi) is 5.62. The van der Waals surface area contributed by atoms with Gasteiger partial charge in [-0.2, -0.15) is 0 Å². The molecule has 0 bridgehead atoms. The largest absolute Gasteiger partial charge is 0.350 e. The molecule has 2 aliphatic heterocycles. The highest BCUT2D eigenvalue weighted by Crippen LogP contribution is 2.23. The van der Waals surface area contributed by atoms with E-state index in [4.69, 9.17) is 0 Å². The van der Waals surface area contributed by atoms with E-state index in [2.05, 4.69) is 20.3 Å². The van der Waals surface area contributed by atoms with Gasteiger partial charge in [0.25, 0.3) is 10.0 Å². The monoisotopic (exact) mass is 378 g/mol. The molecule has 0 spiro atoms. The molecule has 1 amide bonds. The third-order valence-corrected chi connectivity index (χ3v) is 5.99. The van der Waals surface area contributed by atoms with Crippen LogP contribution in [0.3, 0.4) is 0 Å². The lowest BCUT2D eigenvalue weighted by Gasteiger charge is -2.25. The van der Waals surface area contributed by atoms with Crippen molar-refractivity contribution in [3.05, 3.63) is 29.8 Å². The lowest BCUT2D eigenvalue weighted by atomic mass is 10.0. The van der Waals surface area contributed by atoms with Crippen LogP contribution in [0.5, 0.6) is 0 Å². The van der Waals surface area contributed by atoms with E-state index in [-0.39, 0.29) is 28.6 Å². The molecule has 1 fully saturated rings. The molecule has 26 heavy (non-hydrogen) atoms. The normalized spacial score (nSPS) is 24.1. The van der Waals surface area contributed by atoms with Crippen molar-refractivity contribution < 1.29 is 13.2 Å². The van der Waals surface area contributed by atoms with Crippen LogP contribution in [0.25, 0.3) is 0 Å². The Labute approximate surface area is 154 Å². The maximum atomic E-state index is 12.8. The Morgan fingerprint density at radius 3 is 2.81 bits per heavy atom. The molecule has 2 heterocycles. The number of benzene rings is 1. The summed E-state index contributed by atoms with van der Waals surface area (Å²) in [4.78, 5) is 17.5. The molecular formula is C18H26N4O3S. The molecule has 2 aliphatic rings. The summed E-state index contributed by atoms with van der Waals surface area (Å²) in [5.41, 5.74) is 0.522. The lowest BCUT2D eigenvalue weighted by Crippen LogP contribution is -2.48. The van der Waals surface area contributed by atoms with E-state index in [1.54, 1.807) is 24.3 Å². The number of aliphatic imine (C=N–C) groups is 1. The summed E-state index contributed by atoms with van der Waals surface area (Å²) in [6.45, 7) is 5.78. The van der Waals surface area contributed by atoms with Gasteiger partial charge in [-0.05, 0) is 43.9 Å². The zero-order valence-corrected chi connectivity index (χ0v) is 16.0. The van der Waals surface area contributed by atoms with E-state index in [9.17, 15) is 13.2 Å². The maximum Gasteiger partial charge on any atom is 0.263 e. The number of carbonyl (C=O) groups is 1. The van der Waals surface area contributed by atoms with Gasteiger partial charge in [-0.3, -0.25) is 14.5 Å². The fourth-order valence-electron chi connectivity index (χ4n) is 3.32. The van der Waals surface area contributed by atoms with Gasteiger partial charge in [0, 0.05) is 18.2 Å². The smallest absolute Gasteiger partial charge is 0.263 e. The SMILES string of the molecule is CC(C)CC(N=C1NS(=O)(=O)c2ccccc21)C(=O)NC1CCCNC1.